The van der Waals surface area contributed by atoms with Gasteiger partial charge in [0.25, 0.3) is 0 Å². The van der Waals surface area contributed by atoms with E-state index in [1.165, 1.54) is 6.20 Å². The maximum Gasteiger partial charge on any atom is 0.125 e. The molecule has 10 heavy (non-hydrogen) atoms. The second-order valence-corrected chi connectivity index (χ2v) is 1.98. The van der Waals surface area contributed by atoms with E-state index in [0.717, 1.165) is 0 Å². The van der Waals surface area contributed by atoms with Crippen LogP contribution in [0.5, 0.6) is 0 Å². The standard InChI is InChI=1S/C6H9N3O/c1-4-8-2-5(7)6(3-10)9-4/h2,10H,3,7H2,1H3. The first-order valence-corrected chi connectivity index (χ1v) is 2.93. The van der Waals surface area contributed by atoms with Crippen LogP contribution in [0.25, 0.3) is 0 Å². The minimum absolute atomic E-state index is 0.130. The van der Waals surface area contributed by atoms with E-state index in [0.29, 0.717) is 17.2 Å². The quantitative estimate of drug-likeness (QED) is 0.568. The molecule has 0 unspecified atom stereocenters. The van der Waals surface area contributed by atoms with Gasteiger partial charge in [0, 0.05) is 0 Å². The first kappa shape index (κ1) is 6.95. The highest BCUT2D eigenvalue weighted by Crippen LogP contribution is 2.05. The Morgan fingerprint density at radius 2 is 2.40 bits per heavy atom. The Hall–Kier alpha value is -1.16. The van der Waals surface area contributed by atoms with Crippen LogP contribution in [0, 0.1) is 6.92 Å². The summed E-state index contributed by atoms with van der Waals surface area (Å²) in [7, 11) is 0. The van der Waals surface area contributed by atoms with Crippen molar-refractivity contribution >= 4 is 5.69 Å². The van der Waals surface area contributed by atoms with E-state index in [1.807, 2.05) is 0 Å². The van der Waals surface area contributed by atoms with Crippen molar-refractivity contribution in [2.75, 3.05) is 5.73 Å². The monoisotopic (exact) mass is 139 g/mol. The maximum absolute atomic E-state index is 8.67. The number of aromatic nitrogens is 2. The van der Waals surface area contributed by atoms with Crippen LogP contribution in [-0.4, -0.2) is 15.1 Å². The van der Waals surface area contributed by atoms with E-state index >= 15 is 0 Å². The topological polar surface area (TPSA) is 72.0 Å². The van der Waals surface area contributed by atoms with Gasteiger partial charge in [0.15, 0.2) is 0 Å². The summed E-state index contributed by atoms with van der Waals surface area (Å²) >= 11 is 0. The summed E-state index contributed by atoms with van der Waals surface area (Å²) < 4.78 is 0. The van der Waals surface area contributed by atoms with Gasteiger partial charge in [-0.2, -0.15) is 0 Å². The van der Waals surface area contributed by atoms with E-state index in [1.54, 1.807) is 6.92 Å². The van der Waals surface area contributed by atoms with E-state index in [9.17, 15) is 0 Å². The smallest absolute Gasteiger partial charge is 0.125 e. The predicted molar refractivity (Wildman–Crippen MR) is 37.1 cm³/mol. The van der Waals surface area contributed by atoms with Gasteiger partial charge < -0.3 is 10.8 Å². The largest absolute Gasteiger partial charge is 0.396 e. The van der Waals surface area contributed by atoms with Gasteiger partial charge in [-0.05, 0) is 6.92 Å². The molecule has 1 rings (SSSR count). The first-order valence-electron chi connectivity index (χ1n) is 2.93. The van der Waals surface area contributed by atoms with Gasteiger partial charge in [0.2, 0.25) is 0 Å². The summed E-state index contributed by atoms with van der Waals surface area (Å²) in [5, 5.41) is 8.67. The van der Waals surface area contributed by atoms with Gasteiger partial charge in [-0.1, -0.05) is 0 Å². The molecule has 1 heterocycles. The van der Waals surface area contributed by atoms with Crippen LogP contribution < -0.4 is 5.73 Å². The zero-order valence-corrected chi connectivity index (χ0v) is 5.70. The Bertz CT molecular complexity index is 236. The third kappa shape index (κ3) is 1.22. The van der Waals surface area contributed by atoms with Gasteiger partial charge >= 0.3 is 0 Å². The van der Waals surface area contributed by atoms with Gasteiger partial charge in [-0.25, -0.2) is 9.97 Å². The molecule has 54 valence electrons. The van der Waals surface area contributed by atoms with E-state index in [4.69, 9.17) is 10.8 Å². The molecule has 0 aliphatic heterocycles. The van der Waals surface area contributed by atoms with E-state index < -0.39 is 0 Å². The lowest BCUT2D eigenvalue weighted by Crippen LogP contribution is -2.00. The summed E-state index contributed by atoms with van der Waals surface area (Å²) in [6.07, 6.45) is 1.49. The highest BCUT2D eigenvalue weighted by molar-refractivity contribution is 5.39. The fourth-order valence-electron chi connectivity index (χ4n) is 0.653. The van der Waals surface area contributed by atoms with Gasteiger partial charge in [-0.15, -0.1) is 0 Å². The maximum atomic E-state index is 8.67. The molecule has 0 aliphatic carbocycles. The SMILES string of the molecule is Cc1ncc(N)c(CO)n1. The van der Waals surface area contributed by atoms with Crippen LogP contribution in [-0.2, 0) is 6.61 Å². The summed E-state index contributed by atoms with van der Waals surface area (Å²) in [6.45, 7) is 1.62. The van der Waals surface area contributed by atoms with Crippen molar-refractivity contribution < 1.29 is 5.11 Å². The van der Waals surface area contributed by atoms with Crippen LogP contribution in [0.4, 0.5) is 5.69 Å². The molecular weight excluding hydrogens is 130 g/mol. The van der Waals surface area contributed by atoms with Crippen LogP contribution >= 0.6 is 0 Å². The minimum atomic E-state index is -0.130. The highest BCUT2D eigenvalue weighted by atomic mass is 16.3. The van der Waals surface area contributed by atoms with Crippen LogP contribution in [0.15, 0.2) is 6.20 Å². The number of nitrogens with zero attached hydrogens (tertiary/aromatic N) is 2. The van der Waals surface area contributed by atoms with Crippen molar-refractivity contribution in [3.63, 3.8) is 0 Å². The Kier molecular flexibility index (Phi) is 1.82. The van der Waals surface area contributed by atoms with Gasteiger partial charge in [-0.3, -0.25) is 0 Å². The van der Waals surface area contributed by atoms with Crippen molar-refractivity contribution in [3.05, 3.63) is 17.7 Å². The molecule has 0 saturated heterocycles. The second-order valence-electron chi connectivity index (χ2n) is 1.98. The number of aryl methyl sites for hydroxylation is 1. The van der Waals surface area contributed by atoms with Crippen molar-refractivity contribution in [2.45, 2.75) is 13.5 Å². The lowest BCUT2D eigenvalue weighted by molar-refractivity contribution is 0.277. The number of rotatable bonds is 1. The Morgan fingerprint density at radius 3 is 2.90 bits per heavy atom. The molecule has 0 aromatic carbocycles. The Morgan fingerprint density at radius 1 is 1.70 bits per heavy atom. The number of aliphatic hydroxyl groups is 1. The number of aliphatic hydroxyl groups excluding tert-OH is 1. The lowest BCUT2D eigenvalue weighted by Gasteiger charge is -1.99. The molecule has 0 radical (unpaired) electrons. The molecule has 3 N–H and O–H groups in total. The van der Waals surface area contributed by atoms with Crippen molar-refractivity contribution in [2.24, 2.45) is 0 Å². The van der Waals surface area contributed by atoms with E-state index in [2.05, 4.69) is 9.97 Å². The molecule has 0 bridgehead atoms. The fraction of sp³-hybridized carbons (Fsp3) is 0.333. The number of nitrogen functional groups attached to an aromatic ring is 1. The van der Waals surface area contributed by atoms with Crippen LogP contribution in [0.2, 0.25) is 0 Å². The van der Waals surface area contributed by atoms with Gasteiger partial charge in [0.1, 0.15) is 5.82 Å². The summed E-state index contributed by atoms with van der Waals surface area (Å²) in [6, 6.07) is 0. The van der Waals surface area contributed by atoms with Crippen LogP contribution in [0.3, 0.4) is 0 Å². The molecule has 1 aromatic rings. The number of nitrogens with two attached hydrogens (primary N) is 1. The van der Waals surface area contributed by atoms with E-state index in [-0.39, 0.29) is 6.61 Å². The zero-order valence-electron chi connectivity index (χ0n) is 5.70. The third-order valence-electron chi connectivity index (χ3n) is 1.17. The third-order valence-corrected chi connectivity index (χ3v) is 1.17. The average molecular weight is 139 g/mol. The average Bonchev–Trinajstić information content (AvgIpc) is 1.94. The summed E-state index contributed by atoms with van der Waals surface area (Å²) in [5.74, 6) is 0.623. The predicted octanol–water partition coefficient (Wildman–Crippen LogP) is -0.140. The zero-order chi connectivity index (χ0) is 7.56. The molecule has 4 heteroatoms. The number of anilines is 1. The van der Waals surface area contributed by atoms with Gasteiger partial charge in [0.05, 0.1) is 24.2 Å². The molecule has 0 aliphatic rings. The fourth-order valence-corrected chi connectivity index (χ4v) is 0.653. The molecule has 0 spiro atoms. The second kappa shape index (κ2) is 2.62. The lowest BCUT2D eigenvalue weighted by atomic mass is 10.3. The van der Waals surface area contributed by atoms with Crippen molar-refractivity contribution in [1.29, 1.82) is 0 Å². The molecule has 1 aromatic heterocycles. The first-order chi connectivity index (χ1) is 4.74. The minimum Gasteiger partial charge on any atom is -0.396 e. The highest BCUT2D eigenvalue weighted by Gasteiger charge is 1.98. The molecule has 0 saturated carbocycles. The normalized spacial score (nSPS) is 9.80. The summed E-state index contributed by atoms with van der Waals surface area (Å²) in [4.78, 5) is 7.75. The Balaban J connectivity index is 3.09. The summed E-state index contributed by atoms with van der Waals surface area (Å²) in [5.41, 5.74) is 6.35. The van der Waals surface area contributed by atoms with Crippen molar-refractivity contribution in [3.8, 4) is 0 Å². The Labute approximate surface area is 58.7 Å². The molecule has 0 amide bonds. The molecular formula is C6H9N3O. The number of hydrogen-bond acceptors (Lipinski definition) is 4. The van der Waals surface area contributed by atoms with Crippen molar-refractivity contribution in [1.82, 2.24) is 9.97 Å². The molecule has 0 atom stereocenters. The number of hydrogen-bond donors (Lipinski definition) is 2. The molecule has 4 nitrogen and oxygen atoms in total. The van der Waals surface area contributed by atoms with Crippen LogP contribution in [0.1, 0.15) is 11.5 Å². The molecule has 0 fully saturated rings.